The van der Waals surface area contributed by atoms with Crippen LogP contribution in [-0.4, -0.2) is 11.5 Å². The highest BCUT2D eigenvalue weighted by Crippen LogP contribution is 2.26. The number of halogens is 1. The second kappa shape index (κ2) is 6.07. The maximum atomic E-state index is 10.1. The summed E-state index contributed by atoms with van der Waals surface area (Å²) < 4.78 is 6.09. The van der Waals surface area contributed by atoms with Crippen LogP contribution in [0.4, 0.5) is 0 Å². The molecule has 1 rings (SSSR count). The van der Waals surface area contributed by atoms with Gasteiger partial charge in [-0.15, -0.1) is 0 Å². The maximum Gasteiger partial charge on any atom is 0.235 e. The van der Waals surface area contributed by atoms with Gasteiger partial charge in [-0.1, -0.05) is 18.7 Å². The molecule has 16 heavy (non-hydrogen) atoms. The van der Waals surface area contributed by atoms with E-state index in [1.807, 2.05) is 0 Å². The summed E-state index contributed by atoms with van der Waals surface area (Å²) >= 11 is 3.32. The zero-order valence-corrected chi connectivity index (χ0v) is 10.0. The molecule has 0 amide bonds. The Morgan fingerprint density at radius 2 is 2.31 bits per heavy atom. The van der Waals surface area contributed by atoms with Crippen LogP contribution < -0.4 is 4.74 Å². The van der Waals surface area contributed by atoms with Crippen molar-refractivity contribution in [3.05, 3.63) is 57.2 Å². The summed E-state index contributed by atoms with van der Waals surface area (Å²) in [6.45, 7) is 3.96. The fourth-order valence-corrected chi connectivity index (χ4v) is 1.54. The Hall–Kier alpha value is -1.62. The van der Waals surface area contributed by atoms with E-state index in [0.717, 1.165) is 16.2 Å². The van der Waals surface area contributed by atoms with Crippen LogP contribution in [0.3, 0.4) is 0 Å². The summed E-state index contributed by atoms with van der Waals surface area (Å²) in [7, 11) is 0. The number of ether oxygens (including phenoxy) is 1. The fraction of sp³-hybridized carbons (Fsp3) is 0.0909. The molecule has 0 saturated heterocycles. The molecular formula is C11H10BrNO3. The van der Waals surface area contributed by atoms with Crippen molar-refractivity contribution in [3.63, 3.8) is 0 Å². The molecule has 4 nitrogen and oxygen atoms in total. The highest BCUT2D eigenvalue weighted by molar-refractivity contribution is 9.10. The van der Waals surface area contributed by atoms with Gasteiger partial charge in [-0.05, 0) is 33.6 Å². The molecule has 0 unspecified atom stereocenters. The summed E-state index contributed by atoms with van der Waals surface area (Å²) in [6, 6.07) is 5.23. The molecule has 0 heterocycles. The van der Waals surface area contributed by atoms with Gasteiger partial charge in [0.2, 0.25) is 6.20 Å². The molecule has 84 valence electrons. The van der Waals surface area contributed by atoms with Crippen LogP contribution >= 0.6 is 15.9 Å². The van der Waals surface area contributed by atoms with E-state index >= 15 is 0 Å². The first-order valence-corrected chi connectivity index (χ1v) is 5.27. The van der Waals surface area contributed by atoms with Crippen LogP contribution in [0.2, 0.25) is 0 Å². The number of hydrogen-bond acceptors (Lipinski definition) is 3. The maximum absolute atomic E-state index is 10.1. The van der Waals surface area contributed by atoms with Crippen LogP contribution in [0, 0.1) is 10.1 Å². The Morgan fingerprint density at radius 3 is 2.88 bits per heavy atom. The van der Waals surface area contributed by atoms with Crippen molar-refractivity contribution >= 4 is 22.0 Å². The van der Waals surface area contributed by atoms with Gasteiger partial charge in [0.15, 0.2) is 0 Å². The first-order valence-electron chi connectivity index (χ1n) is 4.48. The monoisotopic (exact) mass is 283 g/mol. The van der Waals surface area contributed by atoms with Gasteiger partial charge in [0.1, 0.15) is 12.4 Å². The number of hydrogen-bond donors (Lipinski definition) is 0. The molecule has 0 N–H and O–H groups in total. The molecule has 0 atom stereocenters. The molecule has 0 bridgehead atoms. The molecule has 0 saturated carbocycles. The van der Waals surface area contributed by atoms with Crippen molar-refractivity contribution in [2.75, 3.05) is 6.61 Å². The lowest BCUT2D eigenvalue weighted by Gasteiger charge is -2.05. The third-order valence-corrected chi connectivity index (χ3v) is 2.32. The van der Waals surface area contributed by atoms with Gasteiger partial charge >= 0.3 is 0 Å². The van der Waals surface area contributed by atoms with E-state index in [2.05, 4.69) is 22.5 Å². The normalized spacial score (nSPS) is 10.3. The molecule has 0 aliphatic rings. The Labute approximate surface area is 102 Å². The van der Waals surface area contributed by atoms with Crippen LogP contribution in [0.5, 0.6) is 5.75 Å². The molecule has 0 spiro atoms. The Morgan fingerprint density at radius 1 is 1.56 bits per heavy atom. The molecule has 0 aromatic heterocycles. The first-order chi connectivity index (χ1) is 7.63. The highest BCUT2D eigenvalue weighted by Gasteiger charge is 2.01. The van der Waals surface area contributed by atoms with Crippen molar-refractivity contribution in [3.8, 4) is 5.75 Å². The lowest BCUT2D eigenvalue weighted by molar-refractivity contribution is -0.400. The minimum atomic E-state index is -0.504. The van der Waals surface area contributed by atoms with E-state index in [4.69, 9.17) is 4.74 Å². The third-order valence-electron chi connectivity index (χ3n) is 1.70. The lowest BCUT2D eigenvalue weighted by Crippen LogP contribution is -1.93. The minimum absolute atomic E-state index is 0.419. The van der Waals surface area contributed by atoms with Crippen molar-refractivity contribution in [2.24, 2.45) is 0 Å². The van der Waals surface area contributed by atoms with Gasteiger partial charge < -0.3 is 4.74 Å². The quantitative estimate of drug-likeness (QED) is 0.473. The van der Waals surface area contributed by atoms with Gasteiger partial charge in [0, 0.05) is 6.08 Å². The molecule has 1 aromatic carbocycles. The number of rotatable bonds is 5. The van der Waals surface area contributed by atoms with E-state index in [-0.39, 0.29) is 0 Å². The van der Waals surface area contributed by atoms with Gasteiger partial charge in [-0.3, -0.25) is 10.1 Å². The second-order valence-electron chi connectivity index (χ2n) is 2.89. The largest absolute Gasteiger partial charge is 0.488 e. The van der Waals surface area contributed by atoms with E-state index < -0.39 is 4.92 Å². The van der Waals surface area contributed by atoms with Crippen LogP contribution in [-0.2, 0) is 0 Å². The van der Waals surface area contributed by atoms with Crippen molar-refractivity contribution in [2.45, 2.75) is 0 Å². The third kappa shape index (κ3) is 3.86. The molecule has 1 aromatic rings. The number of benzene rings is 1. The topological polar surface area (TPSA) is 52.4 Å². The molecule has 0 fully saturated rings. The number of nitrogens with zero attached hydrogens (tertiary/aromatic N) is 1. The Bertz CT molecular complexity index is 429. The van der Waals surface area contributed by atoms with E-state index in [0.29, 0.717) is 12.4 Å². The van der Waals surface area contributed by atoms with E-state index in [1.54, 1.807) is 24.3 Å². The lowest BCUT2D eigenvalue weighted by atomic mass is 10.2. The summed E-state index contributed by atoms with van der Waals surface area (Å²) in [4.78, 5) is 9.63. The zero-order chi connectivity index (χ0) is 12.0. The summed E-state index contributed by atoms with van der Waals surface area (Å²) in [5.74, 6) is 0.679. The van der Waals surface area contributed by atoms with Crippen LogP contribution in [0.15, 0.2) is 41.5 Å². The number of nitro groups is 1. The van der Waals surface area contributed by atoms with Crippen molar-refractivity contribution in [1.82, 2.24) is 0 Å². The van der Waals surface area contributed by atoms with Crippen molar-refractivity contribution < 1.29 is 9.66 Å². The average molecular weight is 284 g/mol. The zero-order valence-electron chi connectivity index (χ0n) is 8.43. The molecule has 5 heteroatoms. The van der Waals surface area contributed by atoms with Crippen molar-refractivity contribution in [1.29, 1.82) is 0 Å². The first kappa shape index (κ1) is 12.4. The standard InChI is InChI=1S/C11H10BrNO3/c1-2-7-16-11-4-3-9(8-10(11)12)5-6-13(14)15/h2-6,8H,1,7H2/b6-5-. The summed E-state index contributed by atoms with van der Waals surface area (Å²) in [5, 5.41) is 10.1. The molecule has 0 radical (unpaired) electrons. The van der Waals surface area contributed by atoms with E-state index in [1.165, 1.54) is 6.08 Å². The average Bonchev–Trinajstić information content (AvgIpc) is 2.25. The Kier molecular flexibility index (Phi) is 4.72. The SMILES string of the molecule is C=CCOc1ccc(/C=C\[N+](=O)[O-])cc1Br. The summed E-state index contributed by atoms with van der Waals surface area (Å²) in [6.07, 6.45) is 3.96. The predicted molar refractivity (Wildman–Crippen MR) is 65.9 cm³/mol. The van der Waals surface area contributed by atoms with Gasteiger partial charge in [-0.2, -0.15) is 0 Å². The second-order valence-corrected chi connectivity index (χ2v) is 3.74. The predicted octanol–water partition coefficient (Wildman–Crippen LogP) is 3.26. The fourth-order valence-electron chi connectivity index (χ4n) is 1.03. The Balaban J connectivity index is 2.82. The van der Waals surface area contributed by atoms with Gasteiger partial charge in [0.05, 0.1) is 9.40 Å². The van der Waals surface area contributed by atoms with Crippen LogP contribution in [0.25, 0.3) is 6.08 Å². The van der Waals surface area contributed by atoms with Crippen LogP contribution in [0.1, 0.15) is 5.56 Å². The molecule has 0 aliphatic carbocycles. The highest BCUT2D eigenvalue weighted by atomic mass is 79.9. The smallest absolute Gasteiger partial charge is 0.235 e. The molecular weight excluding hydrogens is 274 g/mol. The van der Waals surface area contributed by atoms with Gasteiger partial charge in [-0.25, -0.2) is 0 Å². The minimum Gasteiger partial charge on any atom is -0.488 e. The molecule has 0 aliphatic heterocycles. The van der Waals surface area contributed by atoms with E-state index in [9.17, 15) is 10.1 Å². The summed E-state index contributed by atoms with van der Waals surface area (Å²) in [5.41, 5.74) is 0.731. The van der Waals surface area contributed by atoms with Gasteiger partial charge in [0.25, 0.3) is 0 Å².